The van der Waals surface area contributed by atoms with E-state index < -0.39 is 0 Å². The van der Waals surface area contributed by atoms with Crippen molar-refractivity contribution < 1.29 is 13.9 Å². The summed E-state index contributed by atoms with van der Waals surface area (Å²) in [5.74, 6) is -0.204. The molecule has 1 saturated heterocycles. The van der Waals surface area contributed by atoms with E-state index in [1.165, 1.54) is 6.26 Å². The molecule has 1 fully saturated rings. The van der Waals surface area contributed by atoms with Gasteiger partial charge in [-0.2, -0.15) is 0 Å². The van der Waals surface area contributed by atoms with E-state index in [4.69, 9.17) is 20.8 Å². The van der Waals surface area contributed by atoms with Crippen LogP contribution in [0.5, 0.6) is 0 Å². The normalized spacial score (nSPS) is 21.3. The lowest BCUT2D eigenvalue weighted by molar-refractivity contribution is 0.0624. The lowest BCUT2D eigenvalue weighted by Crippen LogP contribution is -2.40. The first kappa shape index (κ1) is 10.5. The molecular weight excluding hydrogens is 218 g/mol. The van der Waals surface area contributed by atoms with E-state index in [0.717, 1.165) is 19.4 Å². The number of ether oxygens (including phenoxy) is 1. The summed E-state index contributed by atoms with van der Waals surface area (Å²) in [5, 5.41) is 2.98. The van der Waals surface area contributed by atoms with E-state index in [9.17, 15) is 4.79 Å². The number of carbonyl (C=O) groups excluding carboxylic acids is 1. The van der Waals surface area contributed by atoms with Crippen LogP contribution in [0.2, 0.25) is 5.22 Å². The van der Waals surface area contributed by atoms with Crippen molar-refractivity contribution in [3.05, 3.63) is 23.1 Å². The maximum atomic E-state index is 11.7. The quantitative estimate of drug-likeness (QED) is 0.842. The van der Waals surface area contributed by atoms with Gasteiger partial charge in [0.1, 0.15) is 0 Å². The van der Waals surface area contributed by atoms with Gasteiger partial charge >= 0.3 is 0 Å². The van der Waals surface area contributed by atoms with Crippen molar-refractivity contribution in [3.8, 4) is 0 Å². The predicted molar refractivity (Wildman–Crippen MR) is 55.0 cm³/mol. The summed E-state index contributed by atoms with van der Waals surface area (Å²) in [6.07, 6.45) is 3.32. The molecule has 1 aromatic rings. The zero-order chi connectivity index (χ0) is 10.7. The minimum Gasteiger partial charge on any atom is -0.452 e. The highest BCUT2D eigenvalue weighted by atomic mass is 35.5. The summed E-state index contributed by atoms with van der Waals surface area (Å²) in [6, 6.07) is 1.64. The molecule has 1 amide bonds. The van der Waals surface area contributed by atoms with Gasteiger partial charge < -0.3 is 14.5 Å². The van der Waals surface area contributed by atoms with Crippen molar-refractivity contribution in [1.82, 2.24) is 5.32 Å². The first-order valence-corrected chi connectivity index (χ1v) is 5.27. The second kappa shape index (κ2) is 4.68. The Morgan fingerprint density at radius 3 is 3.07 bits per heavy atom. The Morgan fingerprint density at radius 1 is 1.60 bits per heavy atom. The number of carbonyl (C=O) groups is 1. The van der Waals surface area contributed by atoms with Gasteiger partial charge in [0, 0.05) is 6.61 Å². The number of rotatable bonds is 2. The highest BCUT2D eigenvalue weighted by Gasteiger charge is 2.19. The van der Waals surface area contributed by atoms with Crippen LogP contribution in [-0.4, -0.2) is 25.2 Å². The van der Waals surface area contributed by atoms with Crippen LogP contribution < -0.4 is 5.32 Å². The fourth-order valence-corrected chi connectivity index (χ4v) is 1.77. The van der Waals surface area contributed by atoms with Crippen molar-refractivity contribution in [2.75, 3.05) is 13.2 Å². The van der Waals surface area contributed by atoms with Crippen molar-refractivity contribution >= 4 is 17.5 Å². The maximum Gasteiger partial charge on any atom is 0.256 e. The molecule has 1 aliphatic rings. The number of amides is 1. The van der Waals surface area contributed by atoms with Crippen LogP contribution in [-0.2, 0) is 4.74 Å². The topological polar surface area (TPSA) is 51.5 Å². The van der Waals surface area contributed by atoms with Crippen LogP contribution in [0.1, 0.15) is 23.2 Å². The van der Waals surface area contributed by atoms with Gasteiger partial charge in [-0.3, -0.25) is 4.79 Å². The first-order valence-electron chi connectivity index (χ1n) is 4.89. The number of furan rings is 1. The second-order valence-corrected chi connectivity index (χ2v) is 3.84. The van der Waals surface area contributed by atoms with Gasteiger partial charge in [-0.15, -0.1) is 0 Å². The Kier molecular flexibility index (Phi) is 3.28. The molecule has 2 heterocycles. The van der Waals surface area contributed by atoms with Gasteiger partial charge in [0.25, 0.3) is 5.91 Å². The molecule has 1 aromatic heterocycles. The lowest BCUT2D eigenvalue weighted by Gasteiger charge is -2.22. The van der Waals surface area contributed by atoms with Gasteiger partial charge in [0.15, 0.2) is 0 Å². The van der Waals surface area contributed by atoms with E-state index >= 15 is 0 Å². The number of hydrogen-bond acceptors (Lipinski definition) is 3. The summed E-state index contributed by atoms with van der Waals surface area (Å²) < 4.78 is 10.1. The van der Waals surface area contributed by atoms with Crippen LogP contribution in [0, 0.1) is 0 Å². The standard InChI is InChI=1S/C10H12ClNO3/c11-9-8(3-5-15-9)10(13)12-7-2-1-4-14-6-7/h3,5,7H,1-2,4,6H2,(H,12,13). The van der Waals surface area contributed by atoms with E-state index in [0.29, 0.717) is 12.2 Å². The summed E-state index contributed by atoms with van der Waals surface area (Å²) >= 11 is 5.69. The number of nitrogens with one attached hydrogen (secondary N) is 1. The zero-order valence-electron chi connectivity index (χ0n) is 8.16. The Hall–Kier alpha value is -1.00. The highest BCUT2D eigenvalue weighted by molar-refractivity contribution is 6.32. The Balaban J connectivity index is 1.94. The summed E-state index contributed by atoms with van der Waals surface area (Å²) in [5.41, 5.74) is 0.377. The Bertz CT molecular complexity index is 344. The molecular formula is C10H12ClNO3. The van der Waals surface area contributed by atoms with E-state index in [1.807, 2.05) is 0 Å². The molecule has 0 radical (unpaired) electrons. The molecule has 4 nitrogen and oxygen atoms in total. The van der Waals surface area contributed by atoms with Gasteiger partial charge in [-0.25, -0.2) is 0 Å². The van der Waals surface area contributed by atoms with Crippen molar-refractivity contribution in [2.45, 2.75) is 18.9 Å². The van der Waals surface area contributed by atoms with E-state index in [1.54, 1.807) is 6.07 Å². The minimum absolute atomic E-state index is 0.0808. The monoisotopic (exact) mass is 229 g/mol. The fourth-order valence-electron chi connectivity index (χ4n) is 1.57. The average Bonchev–Trinajstić information content (AvgIpc) is 2.66. The fraction of sp³-hybridized carbons (Fsp3) is 0.500. The molecule has 0 saturated carbocycles. The van der Waals surface area contributed by atoms with Crippen LogP contribution in [0.25, 0.3) is 0 Å². The zero-order valence-corrected chi connectivity index (χ0v) is 8.92. The largest absolute Gasteiger partial charge is 0.452 e. The molecule has 82 valence electrons. The molecule has 1 N–H and O–H groups in total. The minimum atomic E-state index is -0.204. The van der Waals surface area contributed by atoms with Crippen molar-refractivity contribution in [1.29, 1.82) is 0 Å². The van der Waals surface area contributed by atoms with Crippen molar-refractivity contribution in [2.24, 2.45) is 0 Å². The predicted octanol–water partition coefficient (Wildman–Crippen LogP) is 1.84. The third-order valence-electron chi connectivity index (χ3n) is 2.36. The average molecular weight is 230 g/mol. The molecule has 15 heavy (non-hydrogen) atoms. The van der Waals surface area contributed by atoms with Gasteiger partial charge in [0.05, 0.1) is 24.5 Å². The van der Waals surface area contributed by atoms with Crippen molar-refractivity contribution in [3.63, 3.8) is 0 Å². The van der Waals surface area contributed by atoms with Crippen LogP contribution in [0.15, 0.2) is 16.7 Å². The molecule has 0 bridgehead atoms. The second-order valence-electron chi connectivity index (χ2n) is 3.50. The van der Waals surface area contributed by atoms with Crippen LogP contribution >= 0.6 is 11.6 Å². The van der Waals surface area contributed by atoms with Crippen LogP contribution in [0.3, 0.4) is 0 Å². The molecule has 5 heteroatoms. The smallest absolute Gasteiger partial charge is 0.256 e. The molecule has 0 spiro atoms. The van der Waals surface area contributed by atoms with E-state index in [2.05, 4.69) is 5.32 Å². The molecule has 0 aliphatic carbocycles. The Labute approximate surface area is 92.5 Å². The van der Waals surface area contributed by atoms with Crippen LogP contribution in [0.4, 0.5) is 0 Å². The molecule has 1 unspecified atom stereocenters. The SMILES string of the molecule is O=C(NC1CCCOC1)c1ccoc1Cl. The molecule has 1 atom stereocenters. The number of hydrogen-bond donors (Lipinski definition) is 1. The third kappa shape index (κ3) is 2.52. The first-order chi connectivity index (χ1) is 7.27. The lowest BCUT2D eigenvalue weighted by atomic mass is 10.1. The maximum absolute atomic E-state index is 11.7. The third-order valence-corrected chi connectivity index (χ3v) is 2.65. The summed E-state index contributed by atoms with van der Waals surface area (Å²) in [7, 11) is 0. The van der Waals surface area contributed by atoms with Gasteiger partial charge in [0.2, 0.25) is 5.22 Å². The highest BCUT2D eigenvalue weighted by Crippen LogP contribution is 2.17. The van der Waals surface area contributed by atoms with E-state index in [-0.39, 0.29) is 17.2 Å². The molecule has 0 aromatic carbocycles. The number of halogens is 1. The van der Waals surface area contributed by atoms with Gasteiger partial charge in [-0.1, -0.05) is 0 Å². The molecule has 2 rings (SSSR count). The summed E-state index contributed by atoms with van der Waals surface area (Å²) in [4.78, 5) is 11.7. The molecule has 1 aliphatic heterocycles. The Morgan fingerprint density at radius 2 is 2.47 bits per heavy atom. The summed E-state index contributed by atoms with van der Waals surface area (Å²) in [6.45, 7) is 1.35. The van der Waals surface area contributed by atoms with Gasteiger partial charge in [-0.05, 0) is 30.5 Å².